The number of carbonyl (C=O) groups excluding carboxylic acids is 1. The molecular formula is C15H29NO3. The summed E-state index contributed by atoms with van der Waals surface area (Å²) in [4.78, 5) is 14.0. The lowest BCUT2D eigenvalue weighted by atomic mass is 9.92. The average Bonchev–Trinajstić information content (AvgIpc) is 2.46. The molecule has 0 N–H and O–H groups in total. The largest absolute Gasteiger partial charge is 0.465 e. The van der Waals surface area contributed by atoms with E-state index in [2.05, 4.69) is 39.5 Å². The second-order valence-corrected chi connectivity index (χ2v) is 6.46. The van der Waals surface area contributed by atoms with Crippen molar-refractivity contribution in [1.29, 1.82) is 0 Å². The number of ether oxygens (including phenoxy) is 2. The Balaban J connectivity index is 2.78. The van der Waals surface area contributed by atoms with Gasteiger partial charge in [0.15, 0.2) is 0 Å². The van der Waals surface area contributed by atoms with Crippen molar-refractivity contribution in [3.63, 3.8) is 0 Å². The van der Waals surface area contributed by atoms with Crippen LogP contribution >= 0.6 is 0 Å². The van der Waals surface area contributed by atoms with E-state index in [1.54, 1.807) is 0 Å². The van der Waals surface area contributed by atoms with Crippen LogP contribution in [0, 0.1) is 0 Å². The van der Waals surface area contributed by atoms with E-state index in [0.717, 1.165) is 19.4 Å². The van der Waals surface area contributed by atoms with E-state index >= 15 is 0 Å². The fraction of sp³-hybridized carbons (Fsp3) is 0.933. The topological polar surface area (TPSA) is 38.8 Å². The smallest absolute Gasteiger partial charge is 0.320 e. The summed E-state index contributed by atoms with van der Waals surface area (Å²) in [6, 6.07) is 0.256. The quantitative estimate of drug-likeness (QED) is 0.696. The summed E-state index contributed by atoms with van der Waals surface area (Å²) in [6.45, 7) is 14.1. The van der Waals surface area contributed by atoms with Gasteiger partial charge in [-0.05, 0) is 54.0 Å². The third kappa shape index (κ3) is 4.46. The predicted octanol–water partition coefficient (Wildman–Crippen LogP) is 2.61. The molecule has 0 radical (unpaired) electrons. The summed E-state index contributed by atoms with van der Waals surface area (Å²) in [5.41, 5.74) is -0.361. The van der Waals surface area contributed by atoms with Gasteiger partial charge in [0.25, 0.3) is 0 Å². The molecular weight excluding hydrogens is 242 g/mol. The number of esters is 1. The second-order valence-electron chi connectivity index (χ2n) is 6.46. The van der Waals surface area contributed by atoms with E-state index < -0.39 is 0 Å². The third-order valence-corrected chi connectivity index (χ3v) is 3.62. The maximum Gasteiger partial charge on any atom is 0.320 e. The van der Waals surface area contributed by atoms with Crippen LogP contribution < -0.4 is 0 Å². The molecule has 1 rings (SSSR count). The number of rotatable bonds is 6. The molecule has 0 bridgehead atoms. The molecule has 0 aromatic heterocycles. The molecule has 1 heterocycles. The molecule has 0 aliphatic carbocycles. The van der Waals surface area contributed by atoms with Gasteiger partial charge in [0.1, 0.15) is 0 Å². The van der Waals surface area contributed by atoms with Gasteiger partial charge in [-0.1, -0.05) is 6.92 Å². The lowest BCUT2D eigenvalue weighted by Gasteiger charge is -2.35. The molecule has 4 nitrogen and oxygen atoms in total. The zero-order valence-electron chi connectivity index (χ0n) is 13.3. The second kappa shape index (κ2) is 6.23. The van der Waals surface area contributed by atoms with Gasteiger partial charge in [-0.2, -0.15) is 0 Å². The Labute approximate surface area is 117 Å². The van der Waals surface area contributed by atoms with Crippen molar-refractivity contribution in [2.75, 3.05) is 19.7 Å². The standard InChI is InChI=1S/C15H29NO3/c1-7-9-16(11-13(17)18-8-2)12-10-14(3,4)19-15(12,5)6/h12H,7-11H2,1-6H3. The lowest BCUT2D eigenvalue weighted by molar-refractivity contribution is -0.146. The van der Waals surface area contributed by atoms with Crippen LogP contribution in [0.25, 0.3) is 0 Å². The average molecular weight is 271 g/mol. The van der Waals surface area contributed by atoms with E-state index in [1.807, 2.05) is 6.92 Å². The van der Waals surface area contributed by atoms with E-state index in [9.17, 15) is 4.79 Å². The highest BCUT2D eigenvalue weighted by atomic mass is 16.5. The molecule has 0 aromatic carbocycles. The number of nitrogens with zero attached hydrogens (tertiary/aromatic N) is 1. The van der Waals surface area contributed by atoms with Crippen molar-refractivity contribution >= 4 is 5.97 Å². The normalized spacial score (nSPS) is 24.7. The molecule has 1 unspecified atom stereocenters. The highest BCUT2D eigenvalue weighted by Crippen LogP contribution is 2.40. The first-order valence-corrected chi connectivity index (χ1v) is 7.31. The maximum absolute atomic E-state index is 11.8. The number of hydrogen-bond donors (Lipinski definition) is 0. The molecule has 0 saturated carbocycles. The van der Waals surface area contributed by atoms with Gasteiger partial charge in [0.05, 0.1) is 24.4 Å². The van der Waals surface area contributed by atoms with E-state index in [-0.39, 0.29) is 23.2 Å². The van der Waals surface area contributed by atoms with Crippen LogP contribution in [-0.4, -0.2) is 47.8 Å². The SMILES string of the molecule is CCCN(CC(=O)OCC)C1CC(C)(C)OC1(C)C. The van der Waals surface area contributed by atoms with Gasteiger partial charge in [-0.15, -0.1) is 0 Å². The number of hydrogen-bond acceptors (Lipinski definition) is 4. The molecule has 1 atom stereocenters. The fourth-order valence-electron chi connectivity index (χ4n) is 3.11. The molecule has 0 amide bonds. The van der Waals surface area contributed by atoms with Gasteiger partial charge in [0, 0.05) is 6.04 Å². The Morgan fingerprint density at radius 1 is 1.32 bits per heavy atom. The van der Waals surface area contributed by atoms with Crippen LogP contribution in [-0.2, 0) is 14.3 Å². The molecule has 0 spiro atoms. The first-order chi connectivity index (χ1) is 8.72. The van der Waals surface area contributed by atoms with Crippen LogP contribution in [0.15, 0.2) is 0 Å². The van der Waals surface area contributed by atoms with Crippen molar-refractivity contribution in [2.24, 2.45) is 0 Å². The molecule has 4 heteroatoms. The Kier molecular flexibility index (Phi) is 5.39. The monoisotopic (exact) mass is 271 g/mol. The van der Waals surface area contributed by atoms with Gasteiger partial charge < -0.3 is 9.47 Å². The first-order valence-electron chi connectivity index (χ1n) is 7.31. The Morgan fingerprint density at radius 3 is 2.37 bits per heavy atom. The first kappa shape index (κ1) is 16.4. The predicted molar refractivity (Wildman–Crippen MR) is 76.1 cm³/mol. The lowest BCUT2D eigenvalue weighted by Crippen LogP contribution is -2.49. The summed E-state index contributed by atoms with van der Waals surface area (Å²) in [5, 5.41) is 0. The molecule has 1 aliphatic rings. The third-order valence-electron chi connectivity index (χ3n) is 3.62. The van der Waals surface area contributed by atoms with Gasteiger partial charge >= 0.3 is 5.97 Å². The van der Waals surface area contributed by atoms with Gasteiger partial charge in [0.2, 0.25) is 0 Å². The van der Waals surface area contributed by atoms with E-state index in [4.69, 9.17) is 9.47 Å². The molecule has 1 saturated heterocycles. The van der Waals surface area contributed by atoms with Crippen molar-refractivity contribution in [2.45, 2.75) is 71.6 Å². The van der Waals surface area contributed by atoms with E-state index in [1.165, 1.54) is 0 Å². The minimum absolute atomic E-state index is 0.130. The molecule has 1 fully saturated rings. The summed E-state index contributed by atoms with van der Waals surface area (Å²) < 4.78 is 11.2. The minimum atomic E-state index is -0.231. The maximum atomic E-state index is 11.8. The van der Waals surface area contributed by atoms with Crippen LogP contribution in [0.2, 0.25) is 0 Å². The summed E-state index contributed by atoms with van der Waals surface area (Å²) in [5.74, 6) is -0.142. The van der Waals surface area contributed by atoms with Crippen molar-refractivity contribution < 1.29 is 14.3 Å². The highest BCUT2D eigenvalue weighted by molar-refractivity contribution is 5.71. The van der Waals surface area contributed by atoms with Gasteiger partial charge in [-0.25, -0.2) is 0 Å². The van der Waals surface area contributed by atoms with Crippen molar-refractivity contribution in [3.8, 4) is 0 Å². The zero-order valence-corrected chi connectivity index (χ0v) is 13.3. The summed E-state index contributed by atoms with van der Waals surface area (Å²) in [7, 11) is 0. The Hall–Kier alpha value is -0.610. The molecule has 1 aliphatic heterocycles. The van der Waals surface area contributed by atoms with Crippen molar-refractivity contribution in [1.82, 2.24) is 4.90 Å². The van der Waals surface area contributed by atoms with Crippen LogP contribution in [0.5, 0.6) is 0 Å². The summed E-state index contributed by atoms with van der Waals surface area (Å²) >= 11 is 0. The van der Waals surface area contributed by atoms with Crippen molar-refractivity contribution in [3.05, 3.63) is 0 Å². The molecule has 19 heavy (non-hydrogen) atoms. The minimum Gasteiger partial charge on any atom is -0.465 e. The Morgan fingerprint density at radius 2 is 1.95 bits per heavy atom. The molecule has 112 valence electrons. The molecule has 0 aromatic rings. The summed E-state index contributed by atoms with van der Waals surface area (Å²) in [6.07, 6.45) is 1.96. The van der Waals surface area contributed by atoms with Crippen LogP contribution in [0.4, 0.5) is 0 Å². The highest BCUT2D eigenvalue weighted by Gasteiger charge is 2.48. The fourth-order valence-corrected chi connectivity index (χ4v) is 3.11. The Bertz CT molecular complexity index is 313. The zero-order chi connectivity index (χ0) is 14.7. The van der Waals surface area contributed by atoms with Gasteiger partial charge in [-0.3, -0.25) is 9.69 Å². The van der Waals surface area contributed by atoms with E-state index in [0.29, 0.717) is 13.2 Å². The number of carbonyl (C=O) groups is 1. The van der Waals surface area contributed by atoms with Crippen LogP contribution in [0.1, 0.15) is 54.4 Å². The van der Waals surface area contributed by atoms with Crippen LogP contribution in [0.3, 0.4) is 0 Å².